The fraction of sp³-hybridized carbons (Fsp3) is 0.667. The highest BCUT2D eigenvalue weighted by Crippen LogP contribution is 2.07. The van der Waals surface area contributed by atoms with Gasteiger partial charge in [0.05, 0.1) is 6.04 Å². The van der Waals surface area contributed by atoms with E-state index >= 15 is 0 Å². The lowest BCUT2D eigenvalue weighted by Gasteiger charge is -2.06. The molecular formula is C9H17N. The highest BCUT2D eigenvalue weighted by Gasteiger charge is 2.00. The van der Waals surface area contributed by atoms with Gasteiger partial charge in [-0.15, -0.1) is 6.58 Å². The minimum atomic E-state index is 0.414. The molecule has 0 aliphatic heterocycles. The summed E-state index contributed by atoms with van der Waals surface area (Å²) in [5.74, 6) is 0. The van der Waals surface area contributed by atoms with E-state index in [4.69, 9.17) is 0 Å². The lowest BCUT2D eigenvalue weighted by Crippen LogP contribution is -2.01. The fourth-order valence-electron chi connectivity index (χ4n) is 0.916. The van der Waals surface area contributed by atoms with Gasteiger partial charge in [0.15, 0.2) is 0 Å². The van der Waals surface area contributed by atoms with E-state index in [2.05, 4.69) is 25.2 Å². The Morgan fingerprint density at radius 2 is 2.30 bits per heavy atom. The molecule has 10 heavy (non-hydrogen) atoms. The van der Waals surface area contributed by atoms with Crippen molar-refractivity contribution in [2.75, 3.05) is 0 Å². The summed E-state index contributed by atoms with van der Waals surface area (Å²) in [6.45, 7) is 9.39. The first-order valence-electron chi connectivity index (χ1n) is 3.91. The summed E-state index contributed by atoms with van der Waals surface area (Å²) in [5.41, 5.74) is 0. The highest BCUT2D eigenvalue weighted by atomic mass is 14.7. The van der Waals surface area contributed by atoms with Crippen LogP contribution in [0, 0.1) is 0 Å². The number of rotatable bonds is 6. The SMILES string of the molecule is C=CCC(CCCC)N=C. The van der Waals surface area contributed by atoms with Crippen molar-refractivity contribution in [2.24, 2.45) is 4.99 Å². The molecule has 0 aromatic carbocycles. The molecule has 58 valence electrons. The molecule has 0 N–H and O–H groups in total. The average Bonchev–Trinajstić information content (AvgIpc) is 1.98. The Hall–Kier alpha value is -0.590. The van der Waals surface area contributed by atoms with Gasteiger partial charge in [-0.3, -0.25) is 4.99 Å². The van der Waals surface area contributed by atoms with Gasteiger partial charge in [-0.1, -0.05) is 25.8 Å². The number of nitrogens with zero attached hydrogens (tertiary/aromatic N) is 1. The Bertz CT molecular complexity index is 96.9. The Labute approximate surface area is 63.9 Å². The zero-order chi connectivity index (χ0) is 7.82. The van der Waals surface area contributed by atoms with Crippen LogP contribution < -0.4 is 0 Å². The maximum atomic E-state index is 3.99. The van der Waals surface area contributed by atoms with E-state index in [1.54, 1.807) is 0 Å². The van der Waals surface area contributed by atoms with Crippen LogP contribution in [0.15, 0.2) is 17.6 Å². The summed E-state index contributed by atoms with van der Waals surface area (Å²) in [5, 5.41) is 0. The molecule has 1 nitrogen and oxygen atoms in total. The first-order valence-corrected chi connectivity index (χ1v) is 3.91. The van der Waals surface area contributed by atoms with Gasteiger partial charge in [0.1, 0.15) is 0 Å². The number of hydrogen-bond acceptors (Lipinski definition) is 1. The summed E-state index contributed by atoms with van der Waals surface area (Å²) in [4.78, 5) is 3.99. The fourth-order valence-corrected chi connectivity index (χ4v) is 0.916. The normalized spacial score (nSPS) is 12.5. The maximum absolute atomic E-state index is 3.99. The molecule has 0 spiro atoms. The second-order valence-electron chi connectivity index (χ2n) is 2.50. The van der Waals surface area contributed by atoms with Gasteiger partial charge in [0, 0.05) is 0 Å². The van der Waals surface area contributed by atoms with Crippen molar-refractivity contribution in [1.29, 1.82) is 0 Å². The topological polar surface area (TPSA) is 12.4 Å². The van der Waals surface area contributed by atoms with Crippen LogP contribution in [-0.2, 0) is 0 Å². The number of aliphatic imine (C=N–C) groups is 1. The highest BCUT2D eigenvalue weighted by molar-refractivity contribution is 5.24. The van der Waals surface area contributed by atoms with Crippen LogP contribution in [0.4, 0.5) is 0 Å². The largest absolute Gasteiger partial charge is 0.297 e. The second-order valence-corrected chi connectivity index (χ2v) is 2.50. The molecule has 0 saturated heterocycles. The molecule has 0 heterocycles. The summed E-state index contributed by atoms with van der Waals surface area (Å²) >= 11 is 0. The third-order valence-corrected chi connectivity index (χ3v) is 1.59. The summed E-state index contributed by atoms with van der Waals surface area (Å²) in [6, 6.07) is 0.414. The van der Waals surface area contributed by atoms with E-state index in [1.165, 1.54) is 12.8 Å². The lowest BCUT2D eigenvalue weighted by atomic mass is 10.1. The van der Waals surface area contributed by atoms with E-state index < -0.39 is 0 Å². The van der Waals surface area contributed by atoms with Gasteiger partial charge in [0.2, 0.25) is 0 Å². The van der Waals surface area contributed by atoms with Crippen molar-refractivity contribution in [1.82, 2.24) is 0 Å². The van der Waals surface area contributed by atoms with Gasteiger partial charge in [-0.25, -0.2) is 0 Å². The monoisotopic (exact) mass is 139 g/mol. The van der Waals surface area contributed by atoms with E-state index in [0.717, 1.165) is 12.8 Å². The number of unbranched alkanes of at least 4 members (excludes halogenated alkanes) is 1. The zero-order valence-corrected chi connectivity index (χ0v) is 6.84. The van der Waals surface area contributed by atoms with Crippen molar-refractivity contribution in [3.63, 3.8) is 0 Å². The Morgan fingerprint density at radius 3 is 2.70 bits per heavy atom. The molecule has 0 bridgehead atoms. The van der Waals surface area contributed by atoms with Crippen molar-refractivity contribution < 1.29 is 0 Å². The molecule has 1 atom stereocenters. The molecule has 0 saturated carbocycles. The standard InChI is InChI=1S/C9H17N/c1-4-6-8-9(10-3)7-5-2/h5,9H,2-4,6-8H2,1H3. The molecule has 0 amide bonds. The van der Waals surface area contributed by atoms with Gasteiger partial charge < -0.3 is 0 Å². The average molecular weight is 139 g/mol. The molecule has 0 aromatic rings. The molecule has 0 radical (unpaired) electrons. The van der Waals surface area contributed by atoms with E-state index in [-0.39, 0.29) is 0 Å². The van der Waals surface area contributed by atoms with E-state index in [9.17, 15) is 0 Å². The van der Waals surface area contributed by atoms with Crippen LogP contribution >= 0.6 is 0 Å². The molecule has 0 aromatic heterocycles. The van der Waals surface area contributed by atoms with Crippen molar-refractivity contribution >= 4 is 6.72 Å². The molecule has 1 heteroatoms. The number of hydrogen-bond donors (Lipinski definition) is 0. The Balaban J connectivity index is 3.38. The Kier molecular flexibility index (Phi) is 6.14. The lowest BCUT2D eigenvalue weighted by molar-refractivity contribution is 0.587. The van der Waals surface area contributed by atoms with Crippen LogP contribution in [0.1, 0.15) is 32.6 Å². The zero-order valence-electron chi connectivity index (χ0n) is 6.84. The summed E-state index contributed by atoms with van der Waals surface area (Å²) < 4.78 is 0. The van der Waals surface area contributed by atoms with Crippen molar-refractivity contribution in [2.45, 2.75) is 38.6 Å². The van der Waals surface area contributed by atoms with E-state index in [0.29, 0.717) is 6.04 Å². The van der Waals surface area contributed by atoms with Crippen LogP contribution in [-0.4, -0.2) is 12.8 Å². The van der Waals surface area contributed by atoms with Crippen LogP contribution in [0.2, 0.25) is 0 Å². The first-order chi connectivity index (χ1) is 4.85. The van der Waals surface area contributed by atoms with Crippen LogP contribution in [0.5, 0.6) is 0 Å². The molecule has 1 unspecified atom stereocenters. The van der Waals surface area contributed by atoms with Crippen molar-refractivity contribution in [3.05, 3.63) is 12.7 Å². The quantitative estimate of drug-likeness (QED) is 0.396. The van der Waals surface area contributed by atoms with Crippen molar-refractivity contribution in [3.8, 4) is 0 Å². The molecule has 0 rings (SSSR count). The minimum Gasteiger partial charge on any atom is -0.297 e. The molecule has 0 aliphatic carbocycles. The van der Waals surface area contributed by atoms with Gasteiger partial charge in [0.25, 0.3) is 0 Å². The van der Waals surface area contributed by atoms with E-state index in [1.807, 2.05) is 6.08 Å². The first kappa shape index (κ1) is 9.41. The third kappa shape index (κ3) is 4.30. The second kappa shape index (κ2) is 6.53. The summed E-state index contributed by atoms with van der Waals surface area (Å²) in [7, 11) is 0. The van der Waals surface area contributed by atoms with Crippen LogP contribution in [0.25, 0.3) is 0 Å². The predicted molar refractivity (Wildman–Crippen MR) is 47.7 cm³/mol. The maximum Gasteiger partial charge on any atom is 0.0526 e. The van der Waals surface area contributed by atoms with Gasteiger partial charge >= 0.3 is 0 Å². The van der Waals surface area contributed by atoms with Crippen LogP contribution in [0.3, 0.4) is 0 Å². The van der Waals surface area contributed by atoms with Gasteiger partial charge in [-0.2, -0.15) is 0 Å². The molecule has 0 fully saturated rings. The minimum absolute atomic E-state index is 0.414. The van der Waals surface area contributed by atoms with Gasteiger partial charge in [-0.05, 0) is 19.6 Å². The smallest absolute Gasteiger partial charge is 0.0526 e. The summed E-state index contributed by atoms with van der Waals surface area (Å²) in [6.07, 6.45) is 6.53. The Morgan fingerprint density at radius 1 is 1.60 bits per heavy atom. The molecular weight excluding hydrogens is 122 g/mol. The molecule has 0 aliphatic rings. The predicted octanol–water partition coefficient (Wildman–Crippen LogP) is 2.82. The third-order valence-electron chi connectivity index (χ3n) is 1.59.